The second kappa shape index (κ2) is 26.3. The number of rotatable bonds is 22. The molecule has 68 heavy (non-hydrogen) atoms. The van der Waals surface area contributed by atoms with Crippen LogP contribution in [-0.4, -0.2) is 126 Å². The average molecular weight is 961 g/mol. The van der Waals surface area contributed by atoms with E-state index >= 15 is 0 Å². The van der Waals surface area contributed by atoms with E-state index in [1.807, 2.05) is 56.3 Å². The third kappa shape index (κ3) is 18.2. The lowest BCUT2D eigenvalue weighted by molar-refractivity contribution is -0.192. The molecule has 2 aromatic carbocycles. The van der Waals surface area contributed by atoms with Crippen LogP contribution in [0, 0.1) is 17.8 Å². The summed E-state index contributed by atoms with van der Waals surface area (Å²) in [7, 11) is 3.30. The van der Waals surface area contributed by atoms with Crippen LogP contribution in [0.3, 0.4) is 0 Å². The number of halogens is 3. The summed E-state index contributed by atoms with van der Waals surface area (Å²) in [5.41, 5.74) is 2.15. The summed E-state index contributed by atoms with van der Waals surface area (Å²) in [5.74, 6) is -4.99. The van der Waals surface area contributed by atoms with Crippen molar-refractivity contribution in [1.82, 2.24) is 31.5 Å². The van der Waals surface area contributed by atoms with Crippen molar-refractivity contribution in [3.05, 3.63) is 71.3 Å². The number of aliphatic hydroxyl groups excluding tert-OH is 1. The Labute approximate surface area is 397 Å². The van der Waals surface area contributed by atoms with Gasteiger partial charge in [-0.05, 0) is 112 Å². The first-order valence-corrected chi connectivity index (χ1v) is 23.2. The molecule has 4 rings (SSSR count). The molecule has 0 radical (unpaired) electrons. The van der Waals surface area contributed by atoms with E-state index in [1.54, 1.807) is 12.1 Å². The van der Waals surface area contributed by atoms with E-state index in [2.05, 4.69) is 59.3 Å². The van der Waals surface area contributed by atoms with Gasteiger partial charge in [0.25, 0.3) is 5.91 Å². The Morgan fingerprint density at radius 3 is 1.84 bits per heavy atom. The molecule has 16 nitrogen and oxygen atoms in total. The Kier molecular flexibility index (Phi) is 21.9. The van der Waals surface area contributed by atoms with E-state index in [0.717, 1.165) is 43.0 Å². The van der Waals surface area contributed by atoms with Crippen molar-refractivity contribution in [3.8, 4) is 0 Å². The van der Waals surface area contributed by atoms with Crippen LogP contribution in [-0.2, 0) is 45.3 Å². The van der Waals surface area contributed by atoms with Crippen molar-refractivity contribution >= 4 is 41.5 Å². The summed E-state index contributed by atoms with van der Waals surface area (Å²) in [5, 5.41) is 30.6. The normalized spacial score (nSPS) is 18.8. The highest BCUT2D eigenvalue weighted by atomic mass is 19.4. The van der Waals surface area contributed by atoms with E-state index in [9.17, 15) is 47.0 Å². The van der Waals surface area contributed by atoms with Crippen molar-refractivity contribution in [2.75, 3.05) is 27.3 Å². The second-order valence-electron chi connectivity index (χ2n) is 19.3. The first-order valence-electron chi connectivity index (χ1n) is 23.2. The molecule has 0 heterocycles. The van der Waals surface area contributed by atoms with Gasteiger partial charge in [0.05, 0.1) is 13.7 Å². The number of nitrogens with zero attached hydrogens (tertiary/aromatic N) is 1. The maximum Gasteiger partial charge on any atom is 0.490 e. The monoisotopic (exact) mass is 961 g/mol. The minimum atomic E-state index is -5.08. The van der Waals surface area contributed by atoms with E-state index in [1.165, 1.54) is 32.6 Å². The summed E-state index contributed by atoms with van der Waals surface area (Å²) >= 11 is 0. The minimum absolute atomic E-state index is 0.0457. The van der Waals surface area contributed by atoms with Crippen LogP contribution < -0.4 is 26.6 Å². The number of fused-ring (bicyclic) bond motifs is 2. The number of alkyl halides is 3. The van der Waals surface area contributed by atoms with Crippen molar-refractivity contribution in [3.63, 3.8) is 0 Å². The molecule has 5 amide bonds. The van der Waals surface area contributed by atoms with Crippen LogP contribution >= 0.6 is 0 Å². The van der Waals surface area contributed by atoms with Crippen molar-refractivity contribution < 1.29 is 61.7 Å². The van der Waals surface area contributed by atoms with Gasteiger partial charge in [0.15, 0.2) is 6.04 Å². The van der Waals surface area contributed by atoms with Crippen LogP contribution in [0.4, 0.5) is 13.2 Å². The minimum Gasteiger partial charge on any atom is -0.475 e. The lowest BCUT2D eigenvalue weighted by atomic mass is 9.86. The molecule has 0 saturated heterocycles. The van der Waals surface area contributed by atoms with Crippen LogP contribution in [0.15, 0.2) is 54.6 Å². The maximum absolute atomic E-state index is 14.0. The van der Waals surface area contributed by atoms with Crippen molar-refractivity contribution in [2.45, 2.75) is 147 Å². The highest BCUT2D eigenvalue weighted by molar-refractivity contribution is 5.99. The summed E-state index contributed by atoms with van der Waals surface area (Å²) in [6, 6.07) is 11.4. The largest absolute Gasteiger partial charge is 0.490 e. The molecule has 2 aliphatic carbocycles. The second-order valence-corrected chi connectivity index (χ2v) is 19.3. The number of carbonyl (C=O) groups is 7. The molecule has 2 bridgehead atoms. The highest BCUT2D eigenvalue weighted by Gasteiger charge is 2.41. The standard InChI is InChI=1S/C47H70N6O8.C2HF3O2/c1-29(2)24-37(45(59)49-36(43(57)52-39(28-54)46(60)61-8)16-12-13-23-53(7)40-27-32-17-18-34(40)25-32)50-41(55)30(3)48-44(58)38(26-31-14-10-9-11-15-31)51-42(56)33-19-21-35(22-20-33)47(4,5)6;3-2(4,5)1(6)7/h9-11,14-15,19-22,29-30,32,34,36-40,54H,12-13,16-18,23-28H2,1-8H3,(H,48,58)(H,49,59)(H,50,55)(H,51,56)(H,52,57);(H,6,7). The van der Waals surface area contributed by atoms with E-state index in [0.29, 0.717) is 18.0 Å². The summed E-state index contributed by atoms with van der Waals surface area (Å²) in [6.45, 7) is 11.7. The zero-order chi connectivity index (χ0) is 50.9. The number of carbonyl (C=O) groups excluding carboxylic acids is 6. The Bertz CT molecular complexity index is 2000. The molecular weight excluding hydrogens is 890 g/mol. The summed E-state index contributed by atoms with van der Waals surface area (Å²) < 4.78 is 36.5. The molecule has 0 aliphatic heterocycles. The fraction of sp³-hybridized carbons (Fsp3) is 0.612. The van der Waals surface area contributed by atoms with Gasteiger partial charge in [-0.1, -0.05) is 83.5 Å². The number of esters is 1. The van der Waals surface area contributed by atoms with Crippen molar-refractivity contribution in [2.24, 2.45) is 17.8 Å². The molecule has 0 aromatic heterocycles. The number of nitrogens with one attached hydrogen (secondary N) is 5. The number of ether oxygens (including phenoxy) is 1. The Morgan fingerprint density at radius 2 is 1.32 bits per heavy atom. The van der Waals surface area contributed by atoms with E-state index in [-0.39, 0.29) is 30.6 Å². The van der Waals surface area contributed by atoms with E-state index < -0.39 is 84.5 Å². The van der Waals surface area contributed by atoms with Gasteiger partial charge >= 0.3 is 18.1 Å². The number of aliphatic hydroxyl groups is 1. The number of carboxylic acid groups (broad SMARTS) is 1. The highest BCUT2D eigenvalue weighted by Crippen LogP contribution is 2.46. The third-order valence-corrected chi connectivity index (χ3v) is 12.4. The molecule has 8 unspecified atom stereocenters. The molecule has 8 atom stereocenters. The molecule has 2 aromatic rings. The quantitative estimate of drug-likeness (QED) is 0.0645. The number of unbranched alkanes of at least 4 members (excludes halogenated alkanes) is 1. The lowest BCUT2D eigenvalue weighted by Crippen LogP contribution is -2.59. The predicted molar refractivity (Wildman–Crippen MR) is 248 cm³/mol. The maximum atomic E-state index is 14.0. The molecule has 2 aliphatic rings. The predicted octanol–water partition coefficient (Wildman–Crippen LogP) is 4.42. The number of aliphatic carboxylic acids is 1. The van der Waals surface area contributed by atoms with Gasteiger partial charge in [0.2, 0.25) is 23.6 Å². The van der Waals surface area contributed by atoms with Gasteiger partial charge in [-0.15, -0.1) is 0 Å². The lowest BCUT2D eigenvalue weighted by Gasteiger charge is -2.31. The van der Waals surface area contributed by atoms with E-state index in [4.69, 9.17) is 14.6 Å². The fourth-order valence-electron chi connectivity index (χ4n) is 8.56. The SMILES string of the molecule is COC(=O)C(CO)NC(=O)C(CCCCN(C)C1CC2CCC1C2)NC(=O)C(CC(C)C)NC(=O)C(C)NC(=O)C(Cc1ccccc1)NC(=O)c1ccc(C(C)(C)C)cc1.O=C(O)C(F)(F)F. The number of hydrogen-bond donors (Lipinski definition) is 7. The average Bonchev–Trinajstić information content (AvgIpc) is 3.93. The summed E-state index contributed by atoms with van der Waals surface area (Å²) in [6.07, 6.45) is 2.06. The van der Waals surface area contributed by atoms with Crippen LogP contribution in [0.1, 0.15) is 114 Å². The Balaban J connectivity index is 0.00000162. The number of benzene rings is 2. The third-order valence-electron chi connectivity index (χ3n) is 12.4. The zero-order valence-electron chi connectivity index (χ0n) is 40.4. The van der Waals surface area contributed by atoms with Gasteiger partial charge in [-0.25, -0.2) is 9.59 Å². The van der Waals surface area contributed by atoms with Gasteiger partial charge in [-0.2, -0.15) is 13.2 Å². The van der Waals surface area contributed by atoms with Gasteiger partial charge < -0.3 is 46.4 Å². The topological polar surface area (TPSA) is 233 Å². The zero-order valence-corrected chi connectivity index (χ0v) is 40.4. The molecule has 0 spiro atoms. The van der Waals surface area contributed by atoms with Crippen molar-refractivity contribution in [1.29, 1.82) is 0 Å². The van der Waals surface area contributed by atoms with Gasteiger partial charge in [-0.3, -0.25) is 24.0 Å². The van der Waals surface area contributed by atoms with Crippen LogP contribution in [0.25, 0.3) is 0 Å². The number of hydrogen-bond acceptors (Lipinski definition) is 10. The number of amides is 5. The smallest absolute Gasteiger partial charge is 0.475 e. The summed E-state index contributed by atoms with van der Waals surface area (Å²) in [4.78, 5) is 92.0. The number of methoxy groups -OCH3 is 1. The molecule has 7 N–H and O–H groups in total. The first kappa shape index (κ1) is 56.8. The number of carboxylic acids is 1. The van der Waals surface area contributed by atoms with Crippen LogP contribution in [0.5, 0.6) is 0 Å². The van der Waals surface area contributed by atoms with Crippen LogP contribution in [0.2, 0.25) is 0 Å². The molecule has 19 heteroatoms. The van der Waals surface area contributed by atoms with Gasteiger partial charge in [0, 0.05) is 18.0 Å². The fourth-order valence-corrected chi connectivity index (χ4v) is 8.56. The molecule has 2 saturated carbocycles. The molecule has 2 fully saturated rings. The Morgan fingerprint density at radius 1 is 0.750 bits per heavy atom. The Hall–Kier alpha value is -5.56. The first-order chi connectivity index (χ1) is 31.8. The molecular formula is C49H71F3N6O10. The van der Waals surface area contributed by atoms with Gasteiger partial charge in [0.1, 0.15) is 24.2 Å². The molecule has 378 valence electrons.